The van der Waals surface area contributed by atoms with Gasteiger partial charge in [-0.3, -0.25) is 4.99 Å². The molecule has 0 radical (unpaired) electrons. The van der Waals surface area contributed by atoms with Gasteiger partial charge in [0.15, 0.2) is 0 Å². The van der Waals surface area contributed by atoms with Crippen LogP contribution in [0.25, 0.3) is 0 Å². The average Bonchev–Trinajstić information content (AvgIpc) is 2.38. The third-order valence-electron chi connectivity index (χ3n) is 3.79. The van der Waals surface area contributed by atoms with Crippen LogP contribution in [0.5, 0.6) is 0 Å². The average molecular weight is 249 g/mol. The molecule has 0 spiro atoms. The zero-order valence-electron chi connectivity index (χ0n) is 11.7. The van der Waals surface area contributed by atoms with Crippen molar-refractivity contribution < 1.29 is 0 Å². The Morgan fingerprint density at radius 1 is 1.21 bits per heavy atom. The molecular weight excluding hydrogens is 230 g/mol. The van der Waals surface area contributed by atoms with Crippen LogP contribution in [0.3, 0.4) is 0 Å². The van der Waals surface area contributed by atoms with Gasteiger partial charge in [0.1, 0.15) is 0 Å². The van der Waals surface area contributed by atoms with E-state index in [0.29, 0.717) is 0 Å². The van der Waals surface area contributed by atoms with E-state index in [0.717, 1.165) is 30.7 Å². The smallest absolute Gasteiger partial charge is 0.0782 e. The molecule has 0 heterocycles. The lowest BCUT2D eigenvalue weighted by Gasteiger charge is -2.27. The normalized spacial score (nSPS) is 19.4. The van der Waals surface area contributed by atoms with Crippen molar-refractivity contribution in [2.75, 3.05) is 0 Å². The number of hydrogen-bond donors (Lipinski definition) is 0. The van der Waals surface area contributed by atoms with Gasteiger partial charge in [-0.05, 0) is 55.4 Å². The summed E-state index contributed by atoms with van der Waals surface area (Å²) in [6.07, 6.45) is 8.02. The van der Waals surface area contributed by atoms with E-state index in [9.17, 15) is 0 Å². The van der Waals surface area contributed by atoms with Crippen LogP contribution in [0, 0.1) is 6.92 Å². The van der Waals surface area contributed by atoms with Gasteiger partial charge in [-0.2, -0.15) is 0 Å². The highest BCUT2D eigenvalue weighted by molar-refractivity contribution is 6.18. The van der Waals surface area contributed by atoms with Crippen molar-refractivity contribution in [3.63, 3.8) is 0 Å². The molecular formula is C18H19N. The molecule has 0 saturated carbocycles. The largest absolute Gasteiger partial charge is 0.253 e. The van der Waals surface area contributed by atoms with Crippen LogP contribution in [0.4, 0.5) is 0 Å². The number of aliphatic imine (C=N–C) groups is 1. The molecule has 0 unspecified atom stereocenters. The van der Waals surface area contributed by atoms with Crippen molar-refractivity contribution in [1.29, 1.82) is 0 Å². The van der Waals surface area contributed by atoms with Gasteiger partial charge in [-0.15, -0.1) is 0 Å². The molecule has 0 bridgehead atoms. The fourth-order valence-electron chi connectivity index (χ4n) is 3.00. The summed E-state index contributed by atoms with van der Waals surface area (Å²) >= 11 is 0. The van der Waals surface area contributed by atoms with Crippen molar-refractivity contribution >= 4 is 5.71 Å². The second kappa shape index (κ2) is 4.65. The first-order valence-electron chi connectivity index (χ1n) is 6.90. The lowest BCUT2D eigenvalue weighted by atomic mass is 9.78. The highest BCUT2D eigenvalue weighted by Gasteiger charge is 2.26. The molecule has 0 aliphatic heterocycles. The van der Waals surface area contributed by atoms with E-state index in [2.05, 4.69) is 43.9 Å². The fourth-order valence-corrected chi connectivity index (χ4v) is 3.00. The second-order valence-corrected chi connectivity index (χ2v) is 5.41. The van der Waals surface area contributed by atoms with Gasteiger partial charge in [0.25, 0.3) is 0 Å². The van der Waals surface area contributed by atoms with Crippen molar-refractivity contribution in [2.24, 2.45) is 4.99 Å². The molecule has 0 atom stereocenters. The van der Waals surface area contributed by atoms with Gasteiger partial charge >= 0.3 is 0 Å². The standard InChI is InChI=1S/C18H19N/c1-12(2)19-18-16-10-5-4-8-14(16)11-15-9-6-7-13(3)17(15)18/h6-10H,1,4-5,11H2,2-3H3. The fraction of sp³-hybridized carbons (Fsp3) is 0.278. The molecule has 0 aromatic heterocycles. The summed E-state index contributed by atoms with van der Waals surface area (Å²) in [5.74, 6) is 0. The Kier molecular flexibility index (Phi) is 2.98. The summed E-state index contributed by atoms with van der Waals surface area (Å²) in [5.41, 5.74) is 8.78. The highest BCUT2D eigenvalue weighted by atomic mass is 14.8. The van der Waals surface area contributed by atoms with Crippen LogP contribution < -0.4 is 0 Å². The van der Waals surface area contributed by atoms with Crippen molar-refractivity contribution in [3.05, 3.63) is 70.5 Å². The van der Waals surface area contributed by atoms with Gasteiger partial charge in [0, 0.05) is 11.3 Å². The predicted molar refractivity (Wildman–Crippen MR) is 81.6 cm³/mol. The molecule has 0 saturated heterocycles. The topological polar surface area (TPSA) is 12.4 Å². The van der Waals surface area contributed by atoms with Gasteiger partial charge < -0.3 is 0 Å². The van der Waals surface area contributed by atoms with Crippen molar-refractivity contribution in [3.8, 4) is 0 Å². The molecule has 3 rings (SSSR count). The van der Waals surface area contributed by atoms with Gasteiger partial charge in [-0.25, -0.2) is 0 Å². The van der Waals surface area contributed by atoms with E-state index in [1.54, 1.807) is 0 Å². The Labute approximate surface area is 115 Å². The molecule has 0 N–H and O–H groups in total. The van der Waals surface area contributed by atoms with Crippen LogP contribution in [-0.4, -0.2) is 5.71 Å². The Bertz CT molecular complexity index is 642. The van der Waals surface area contributed by atoms with Crippen LogP contribution in [0.1, 0.15) is 36.5 Å². The van der Waals surface area contributed by atoms with Crippen LogP contribution in [-0.2, 0) is 6.42 Å². The number of benzene rings is 1. The Hall–Kier alpha value is -1.89. The lowest BCUT2D eigenvalue weighted by molar-refractivity contribution is 0.969. The first-order chi connectivity index (χ1) is 9.16. The zero-order chi connectivity index (χ0) is 13.4. The third-order valence-corrected chi connectivity index (χ3v) is 3.79. The van der Waals surface area contributed by atoms with E-state index in [4.69, 9.17) is 4.99 Å². The zero-order valence-corrected chi connectivity index (χ0v) is 11.7. The van der Waals surface area contributed by atoms with E-state index < -0.39 is 0 Å². The second-order valence-electron chi connectivity index (χ2n) is 5.41. The van der Waals surface area contributed by atoms with Gasteiger partial charge in [0.2, 0.25) is 0 Å². The number of allylic oxidation sites excluding steroid dienone is 5. The Morgan fingerprint density at radius 2 is 2.00 bits per heavy atom. The summed E-state index contributed by atoms with van der Waals surface area (Å²) in [5, 5.41) is 0. The third kappa shape index (κ3) is 2.10. The maximum atomic E-state index is 4.74. The molecule has 2 aliphatic carbocycles. The molecule has 1 aromatic rings. The van der Waals surface area contributed by atoms with Gasteiger partial charge in [0.05, 0.1) is 5.71 Å². The SMILES string of the molecule is C=C(C)N=C1C2=CCCC=C2Cc2cccc(C)c21. The van der Waals surface area contributed by atoms with Crippen LogP contribution >= 0.6 is 0 Å². The molecule has 1 nitrogen and oxygen atoms in total. The van der Waals surface area contributed by atoms with Crippen LogP contribution in [0.15, 0.2) is 58.8 Å². The predicted octanol–water partition coefficient (Wildman–Crippen LogP) is 4.52. The van der Waals surface area contributed by atoms with Crippen molar-refractivity contribution in [1.82, 2.24) is 0 Å². The first kappa shape index (κ1) is 12.2. The van der Waals surface area contributed by atoms with Crippen molar-refractivity contribution in [2.45, 2.75) is 33.1 Å². The molecule has 1 aromatic carbocycles. The van der Waals surface area contributed by atoms with E-state index in [-0.39, 0.29) is 0 Å². The summed E-state index contributed by atoms with van der Waals surface area (Å²) in [4.78, 5) is 4.74. The molecule has 96 valence electrons. The summed E-state index contributed by atoms with van der Waals surface area (Å²) < 4.78 is 0. The molecule has 0 amide bonds. The maximum absolute atomic E-state index is 4.74. The molecule has 2 aliphatic rings. The quantitative estimate of drug-likeness (QED) is 0.694. The van der Waals surface area contributed by atoms with Crippen LogP contribution in [0.2, 0.25) is 0 Å². The number of aryl methyl sites for hydroxylation is 1. The summed E-state index contributed by atoms with van der Waals surface area (Å²) in [6, 6.07) is 6.54. The number of rotatable bonds is 1. The van der Waals surface area contributed by atoms with Gasteiger partial charge in [-0.1, -0.05) is 36.9 Å². The Morgan fingerprint density at radius 3 is 2.79 bits per heavy atom. The lowest BCUT2D eigenvalue weighted by Crippen LogP contribution is -2.20. The van der Waals surface area contributed by atoms with E-state index in [1.807, 2.05) is 6.92 Å². The monoisotopic (exact) mass is 249 g/mol. The maximum Gasteiger partial charge on any atom is 0.0782 e. The first-order valence-corrected chi connectivity index (χ1v) is 6.90. The minimum Gasteiger partial charge on any atom is -0.253 e. The Balaban J connectivity index is 2.27. The highest BCUT2D eigenvalue weighted by Crippen LogP contribution is 2.35. The number of fused-ring (bicyclic) bond motifs is 2. The van der Waals surface area contributed by atoms with E-state index in [1.165, 1.54) is 27.8 Å². The summed E-state index contributed by atoms with van der Waals surface area (Å²) in [7, 11) is 0. The summed E-state index contributed by atoms with van der Waals surface area (Å²) in [6.45, 7) is 8.09. The number of hydrogen-bond acceptors (Lipinski definition) is 1. The minimum atomic E-state index is 0.872. The molecule has 0 fully saturated rings. The number of nitrogens with zero attached hydrogens (tertiary/aromatic N) is 1. The minimum absolute atomic E-state index is 0.872. The van der Waals surface area contributed by atoms with E-state index >= 15 is 0 Å². The molecule has 19 heavy (non-hydrogen) atoms. The molecule has 1 heteroatoms.